The van der Waals surface area contributed by atoms with Gasteiger partial charge in [0.15, 0.2) is 0 Å². The molecule has 0 saturated heterocycles. The number of aromatic nitrogens is 1. The Morgan fingerprint density at radius 3 is 2.67 bits per heavy atom. The van der Waals surface area contributed by atoms with Crippen LogP contribution in [-0.2, 0) is 0 Å². The molecule has 18 heavy (non-hydrogen) atoms. The maximum Gasteiger partial charge on any atom is 0.250 e. The van der Waals surface area contributed by atoms with E-state index in [0.29, 0.717) is 11.0 Å². The van der Waals surface area contributed by atoms with E-state index in [2.05, 4.69) is 17.2 Å². The maximum absolute atomic E-state index is 10.9. The van der Waals surface area contributed by atoms with E-state index in [1.807, 2.05) is 6.07 Å². The van der Waals surface area contributed by atoms with Crippen molar-refractivity contribution in [2.45, 2.75) is 39.0 Å². The molecule has 4 heteroatoms. The predicted octanol–water partition coefficient (Wildman–Crippen LogP) is 2.56. The first-order valence-corrected chi connectivity index (χ1v) is 6.65. The van der Waals surface area contributed by atoms with Crippen LogP contribution < -0.4 is 11.1 Å². The summed E-state index contributed by atoms with van der Waals surface area (Å²) in [5.41, 5.74) is 6.07. The zero-order chi connectivity index (χ0) is 13.0. The van der Waals surface area contributed by atoms with Gasteiger partial charge in [0.05, 0.1) is 5.56 Å². The lowest BCUT2D eigenvalue weighted by atomic mass is 9.83. The van der Waals surface area contributed by atoms with Crippen LogP contribution in [0.4, 0.5) is 5.82 Å². The molecule has 1 saturated carbocycles. The highest BCUT2D eigenvalue weighted by Crippen LogP contribution is 2.40. The predicted molar refractivity (Wildman–Crippen MR) is 72.4 cm³/mol. The quantitative estimate of drug-likeness (QED) is 0.840. The number of rotatable bonds is 5. The van der Waals surface area contributed by atoms with Crippen LogP contribution in [0.25, 0.3) is 0 Å². The summed E-state index contributed by atoms with van der Waals surface area (Å²) in [4.78, 5) is 15.2. The summed E-state index contributed by atoms with van der Waals surface area (Å²) in [6.45, 7) is 3.23. The van der Waals surface area contributed by atoms with Gasteiger partial charge in [-0.3, -0.25) is 4.79 Å². The van der Waals surface area contributed by atoms with Crippen molar-refractivity contribution in [3.8, 4) is 0 Å². The van der Waals surface area contributed by atoms with Gasteiger partial charge in [-0.05, 0) is 36.8 Å². The number of carbonyl (C=O) groups excluding carboxylic acids is 1. The number of amides is 1. The molecule has 1 aromatic heterocycles. The molecule has 0 aromatic carbocycles. The number of nitrogens with one attached hydrogen (secondary N) is 1. The Kier molecular flexibility index (Phi) is 3.84. The van der Waals surface area contributed by atoms with Crippen LogP contribution in [0.15, 0.2) is 18.3 Å². The second-order valence-corrected chi connectivity index (χ2v) is 5.21. The lowest BCUT2D eigenvalue weighted by Crippen LogP contribution is -2.26. The molecule has 1 aliphatic carbocycles. The van der Waals surface area contributed by atoms with E-state index in [1.54, 1.807) is 6.07 Å². The lowest BCUT2D eigenvalue weighted by molar-refractivity contribution is 0.1000. The first kappa shape index (κ1) is 12.9. The molecule has 1 heterocycles. The molecular weight excluding hydrogens is 226 g/mol. The Hall–Kier alpha value is -1.58. The topological polar surface area (TPSA) is 68.0 Å². The summed E-state index contributed by atoms with van der Waals surface area (Å²) in [6, 6.07) is 3.53. The molecule has 0 spiro atoms. The molecule has 1 amide bonds. The Morgan fingerprint density at radius 1 is 1.44 bits per heavy atom. The highest BCUT2D eigenvalue weighted by Gasteiger charge is 2.31. The minimum atomic E-state index is -0.435. The van der Waals surface area contributed by atoms with Crippen molar-refractivity contribution in [1.82, 2.24) is 4.98 Å². The minimum Gasteiger partial charge on any atom is -0.370 e. The van der Waals surface area contributed by atoms with E-state index in [-0.39, 0.29) is 0 Å². The summed E-state index contributed by atoms with van der Waals surface area (Å²) in [5.74, 6) is 0.384. The highest BCUT2D eigenvalue weighted by molar-refractivity contribution is 5.92. The lowest BCUT2D eigenvalue weighted by Gasteiger charge is -2.27. The van der Waals surface area contributed by atoms with E-state index in [9.17, 15) is 4.79 Å². The van der Waals surface area contributed by atoms with E-state index >= 15 is 0 Å². The van der Waals surface area contributed by atoms with E-state index in [0.717, 1.165) is 12.4 Å². The van der Waals surface area contributed by atoms with Gasteiger partial charge in [0.1, 0.15) is 5.82 Å². The first-order valence-electron chi connectivity index (χ1n) is 6.65. The van der Waals surface area contributed by atoms with Crippen LogP contribution in [-0.4, -0.2) is 17.4 Å². The zero-order valence-corrected chi connectivity index (χ0v) is 10.9. The summed E-state index contributed by atoms with van der Waals surface area (Å²) in [6.07, 6.45) is 8.01. The molecular formula is C14H21N3O. The summed E-state index contributed by atoms with van der Waals surface area (Å²) < 4.78 is 0. The molecule has 0 bridgehead atoms. The Bertz CT molecular complexity index is 408. The third kappa shape index (κ3) is 2.81. The zero-order valence-electron chi connectivity index (χ0n) is 10.9. The van der Waals surface area contributed by atoms with Crippen molar-refractivity contribution >= 4 is 11.7 Å². The fourth-order valence-corrected chi connectivity index (χ4v) is 2.70. The number of pyridine rings is 1. The van der Waals surface area contributed by atoms with Crippen LogP contribution in [0.5, 0.6) is 0 Å². The van der Waals surface area contributed by atoms with Gasteiger partial charge in [0.2, 0.25) is 5.91 Å². The van der Waals surface area contributed by atoms with Gasteiger partial charge in [-0.15, -0.1) is 0 Å². The van der Waals surface area contributed by atoms with Crippen LogP contribution in [0, 0.1) is 5.41 Å². The molecule has 0 atom stereocenters. The van der Waals surface area contributed by atoms with Crippen molar-refractivity contribution in [2.24, 2.45) is 11.1 Å². The fourth-order valence-electron chi connectivity index (χ4n) is 2.70. The molecule has 1 fully saturated rings. The molecule has 98 valence electrons. The molecule has 4 nitrogen and oxygen atoms in total. The van der Waals surface area contributed by atoms with Crippen molar-refractivity contribution in [3.05, 3.63) is 23.9 Å². The van der Waals surface area contributed by atoms with Crippen LogP contribution in [0.3, 0.4) is 0 Å². The van der Waals surface area contributed by atoms with E-state index in [1.165, 1.54) is 38.3 Å². The van der Waals surface area contributed by atoms with Crippen molar-refractivity contribution in [3.63, 3.8) is 0 Å². The molecule has 1 aromatic rings. The van der Waals surface area contributed by atoms with Crippen molar-refractivity contribution in [2.75, 3.05) is 11.9 Å². The number of carbonyl (C=O) groups is 1. The Labute approximate surface area is 108 Å². The standard InChI is InChI=1S/C14H21N3O/c1-2-14(7-3-4-8-14)10-17-12-6-5-11(9-16-12)13(15)18/h5-6,9H,2-4,7-8,10H2,1H3,(H2,15,18)(H,16,17). The average molecular weight is 247 g/mol. The van der Waals surface area contributed by atoms with Gasteiger partial charge in [-0.1, -0.05) is 19.8 Å². The van der Waals surface area contributed by atoms with Crippen LogP contribution in [0.2, 0.25) is 0 Å². The maximum atomic E-state index is 10.9. The van der Waals surface area contributed by atoms with Gasteiger partial charge < -0.3 is 11.1 Å². The molecule has 0 aliphatic heterocycles. The Balaban J connectivity index is 1.95. The number of nitrogens with zero attached hydrogens (tertiary/aromatic N) is 1. The van der Waals surface area contributed by atoms with Gasteiger partial charge in [-0.25, -0.2) is 4.98 Å². The van der Waals surface area contributed by atoms with Crippen LogP contribution >= 0.6 is 0 Å². The van der Waals surface area contributed by atoms with Gasteiger partial charge in [0, 0.05) is 12.7 Å². The van der Waals surface area contributed by atoms with E-state index < -0.39 is 5.91 Å². The number of hydrogen-bond donors (Lipinski definition) is 2. The number of nitrogens with two attached hydrogens (primary N) is 1. The molecule has 2 rings (SSSR count). The third-order valence-electron chi connectivity index (χ3n) is 4.11. The number of hydrogen-bond acceptors (Lipinski definition) is 3. The van der Waals surface area contributed by atoms with Gasteiger partial charge in [-0.2, -0.15) is 0 Å². The molecule has 3 N–H and O–H groups in total. The number of anilines is 1. The van der Waals surface area contributed by atoms with Gasteiger partial charge >= 0.3 is 0 Å². The molecule has 0 radical (unpaired) electrons. The largest absolute Gasteiger partial charge is 0.370 e. The normalized spacial score (nSPS) is 17.6. The average Bonchev–Trinajstić information content (AvgIpc) is 2.86. The second kappa shape index (κ2) is 5.38. The molecule has 1 aliphatic rings. The third-order valence-corrected chi connectivity index (χ3v) is 4.11. The van der Waals surface area contributed by atoms with Crippen molar-refractivity contribution < 1.29 is 4.79 Å². The van der Waals surface area contributed by atoms with Gasteiger partial charge in [0.25, 0.3) is 0 Å². The smallest absolute Gasteiger partial charge is 0.250 e. The van der Waals surface area contributed by atoms with E-state index in [4.69, 9.17) is 5.73 Å². The minimum absolute atomic E-state index is 0.435. The summed E-state index contributed by atoms with van der Waals surface area (Å²) in [7, 11) is 0. The monoisotopic (exact) mass is 247 g/mol. The van der Waals surface area contributed by atoms with Crippen LogP contribution in [0.1, 0.15) is 49.4 Å². The fraction of sp³-hybridized carbons (Fsp3) is 0.571. The van der Waals surface area contributed by atoms with Crippen molar-refractivity contribution in [1.29, 1.82) is 0 Å². The summed E-state index contributed by atoms with van der Waals surface area (Å²) in [5, 5.41) is 3.38. The highest BCUT2D eigenvalue weighted by atomic mass is 16.1. The SMILES string of the molecule is CCC1(CNc2ccc(C(N)=O)cn2)CCCC1. The number of primary amides is 1. The Morgan fingerprint density at radius 2 is 2.17 bits per heavy atom. The first-order chi connectivity index (χ1) is 8.65. The second-order valence-electron chi connectivity index (χ2n) is 5.21. The summed E-state index contributed by atoms with van der Waals surface area (Å²) >= 11 is 0. The molecule has 0 unspecified atom stereocenters.